The third kappa shape index (κ3) is 2.00. The summed E-state index contributed by atoms with van der Waals surface area (Å²) < 4.78 is 15.3. The van der Waals surface area contributed by atoms with Crippen LogP contribution in [0, 0.1) is 25.1 Å². The fourth-order valence-electron chi connectivity index (χ4n) is 1.64. The van der Waals surface area contributed by atoms with Gasteiger partial charge >= 0.3 is 0 Å². The monoisotopic (exact) mass is 229 g/mol. The number of hydrogen-bond donors (Lipinski definition) is 1. The Bertz CT molecular complexity index is 593. The maximum atomic E-state index is 13.7. The number of imidazole rings is 1. The Morgan fingerprint density at radius 2 is 2.29 bits per heavy atom. The van der Waals surface area contributed by atoms with Gasteiger partial charge in [-0.2, -0.15) is 0 Å². The van der Waals surface area contributed by atoms with E-state index in [-0.39, 0.29) is 5.82 Å². The molecular formula is C13H12FN3. The molecule has 0 aliphatic heterocycles. The molecular weight excluding hydrogens is 217 g/mol. The van der Waals surface area contributed by atoms with Crippen molar-refractivity contribution in [3.05, 3.63) is 35.9 Å². The van der Waals surface area contributed by atoms with E-state index in [1.807, 2.05) is 6.92 Å². The van der Waals surface area contributed by atoms with Crippen LogP contribution in [0.4, 0.5) is 10.2 Å². The lowest BCUT2D eigenvalue weighted by Gasteiger charge is -2.04. The third-order valence-corrected chi connectivity index (χ3v) is 2.52. The maximum Gasteiger partial charge on any atom is 0.132 e. The first-order chi connectivity index (χ1) is 8.13. The van der Waals surface area contributed by atoms with Crippen molar-refractivity contribution in [1.29, 1.82) is 0 Å². The van der Waals surface area contributed by atoms with E-state index < -0.39 is 0 Å². The molecule has 0 saturated carbocycles. The van der Waals surface area contributed by atoms with E-state index in [0.29, 0.717) is 23.6 Å². The molecule has 86 valence electrons. The van der Waals surface area contributed by atoms with Crippen LogP contribution in [0.2, 0.25) is 0 Å². The van der Waals surface area contributed by atoms with Gasteiger partial charge in [0.05, 0.1) is 12.9 Å². The van der Waals surface area contributed by atoms with E-state index in [2.05, 4.69) is 10.9 Å². The minimum Gasteiger partial charge on any atom is -0.383 e. The fraction of sp³-hybridized carbons (Fsp3) is 0.154. The van der Waals surface area contributed by atoms with Gasteiger partial charge in [0.25, 0.3) is 0 Å². The van der Waals surface area contributed by atoms with Crippen molar-refractivity contribution in [2.24, 2.45) is 0 Å². The van der Waals surface area contributed by atoms with E-state index in [1.165, 1.54) is 12.4 Å². The smallest absolute Gasteiger partial charge is 0.132 e. The molecule has 0 unspecified atom stereocenters. The van der Waals surface area contributed by atoms with Crippen LogP contribution in [0.25, 0.3) is 11.3 Å². The van der Waals surface area contributed by atoms with E-state index in [0.717, 1.165) is 5.56 Å². The highest BCUT2D eigenvalue weighted by molar-refractivity contribution is 5.71. The zero-order valence-corrected chi connectivity index (χ0v) is 9.44. The van der Waals surface area contributed by atoms with Crippen LogP contribution in [-0.2, 0) is 6.54 Å². The molecule has 4 heteroatoms. The molecule has 2 N–H and O–H groups in total. The van der Waals surface area contributed by atoms with E-state index in [9.17, 15) is 4.39 Å². The molecule has 2 aromatic rings. The molecule has 0 radical (unpaired) electrons. The van der Waals surface area contributed by atoms with Crippen LogP contribution in [-0.4, -0.2) is 9.55 Å². The lowest BCUT2D eigenvalue weighted by Crippen LogP contribution is -2.01. The number of nitrogens with two attached hydrogens (primary N) is 1. The van der Waals surface area contributed by atoms with Crippen LogP contribution in [0.15, 0.2) is 24.5 Å². The molecule has 0 fully saturated rings. The van der Waals surface area contributed by atoms with Crippen LogP contribution >= 0.6 is 0 Å². The average molecular weight is 229 g/mol. The summed E-state index contributed by atoms with van der Waals surface area (Å²) >= 11 is 0. The SMILES string of the molecule is C#CCn1cnc(-c2cc(C)ccc2F)c1N. The highest BCUT2D eigenvalue weighted by atomic mass is 19.1. The molecule has 0 amide bonds. The Hall–Kier alpha value is -2.28. The largest absolute Gasteiger partial charge is 0.383 e. The summed E-state index contributed by atoms with van der Waals surface area (Å²) in [6.07, 6.45) is 6.72. The Morgan fingerprint density at radius 1 is 1.53 bits per heavy atom. The zero-order chi connectivity index (χ0) is 12.4. The van der Waals surface area contributed by atoms with Crippen LogP contribution < -0.4 is 5.73 Å². The molecule has 0 atom stereocenters. The molecule has 1 aromatic carbocycles. The highest BCUT2D eigenvalue weighted by Crippen LogP contribution is 2.27. The normalized spacial score (nSPS) is 10.2. The van der Waals surface area contributed by atoms with Gasteiger partial charge in [-0.3, -0.25) is 0 Å². The summed E-state index contributed by atoms with van der Waals surface area (Å²) in [7, 11) is 0. The van der Waals surface area contributed by atoms with Crippen molar-refractivity contribution < 1.29 is 4.39 Å². The second kappa shape index (κ2) is 4.30. The number of rotatable bonds is 2. The molecule has 0 aliphatic rings. The van der Waals surface area contributed by atoms with Gasteiger partial charge < -0.3 is 10.3 Å². The molecule has 0 saturated heterocycles. The van der Waals surface area contributed by atoms with Crippen LogP contribution in [0.3, 0.4) is 0 Å². The minimum atomic E-state index is -0.340. The number of anilines is 1. The average Bonchev–Trinajstić information content (AvgIpc) is 2.65. The second-order valence-corrected chi connectivity index (χ2v) is 3.79. The topological polar surface area (TPSA) is 43.8 Å². The number of terminal acetylenes is 1. The Labute approximate surface area is 99.1 Å². The lowest BCUT2D eigenvalue weighted by atomic mass is 10.1. The van der Waals surface area contributed by atoms with E-state index in [4.69, 9.17) is 12.2 Å². The predicted octanol–water partition coefficient (Wildman–Crippen LogP) is 2.21. The van der Waals surface area contributed by atoms with Gasteiger partial charge in [0, 0.05) is 5.56 Å². The number of benzene rings is 1. The van der Waals surface area contributed by atoms with Crippen LogP contribution in [0.5, 0.6) is 0 Å². The van der Waals surface area contributed by atoms with Crippen molar-refractivity contribution in [2.45, 2.75) is 13.5 Å². The third-order valence-electron chi connectivity index (χ3n) is 2.52. The zero-order valence-electron chi connectivity index (χ0n) is 9.44. The van der Waals surface area contributed by atoms with Crippen molar-refractivity contribution in [2.75, 3.05) is 5.73 Å². The first-order valence-corrected chi connectivity index (χ1v) is 5.14. The predicted molar refractivity (Wildman–Crippen MR) is 65.6 cm³/mol. The first-order valence-electron chi connectivity index (χ1n) is 5.14. The Balaban J connectivity index is 2.54. The molecule has 17 heavy (non-hydrogen) atoms. The van der Waals surface area contributed by atoms with Gasteiger partial charge in [-0.1, -0.05) is 17.6 Å². The highest BCUT2D eigenvalue weighted by Gasteiger charge is 2.13. The summed E-state index contributed by atoms with van der Waals surface area (Å²) in [5, 5.41) is 0. The molecule has 1 aromatic heterocycles. The molecule has 3 nitrogen and oxygen atoms in total. The number of nitrogens with zero attached hydrogens (tertiary/aromatic N) is 2. The molecule has 0 spiro atoms. The number of aromatic nitrogens is 2. The maximum absolute atomic E-state index is 13.7. The second-order valence-electron chi connectivity index (χ2n) is 3.79. The number of halogens is 1. The Kier molecular flexibility index (Phi) is 2.84. The number of nitrogen functional groups attached to an aromatic ring is 1. The van der Waals surface area contributed by atoms with Crippen molar-refractivity contribution >= 4 is 5.82 Å². The molecule has 0 bridgehead atoms. The van der Waals surface area contributed by atoms with Gasteiger partial charge in [-0.25, -0.2) is 9.37 Å². The summed E-state index contributed by atoms with van der Waals surface area (Å²) in [4.78, 5) is 4.11. The lowest BCUT2D eigenvalue weighted by molar-refractivity contribution is 0.630. The quantitative estimate of drug-likeness (QED) is 0.802. The van der Waals surface area contributed by atoms with Gasteiger partial charge in [-0.05, 0) is 19.1 Å². The number of aryl methyl sites for hydroxylation is 1. The summed E-state index contributed by atoms with van der Waals surface area (Å²) in [6.45, 7) is 2.21. The van der Waals surface area contributed by atoms with E-state index >= 15 is 0 Å². The van der Waals surface area contributed by atoms with Crippen LogP contribution in [0.1, 0.15) is 5.56 Å². The fourth-order valence-corrected chi connectivity index (χ4v) is 1.64. The Morgan fingerprint density at radius 3 is 3.00 bits per heavy atom. The molecule has 1 heterocycles. The van der Waals surface area contributed by atoms with Gasteiger partial charge in [-0.15, -0.1) is 6.42 Å². The van der Waals surface area contributed by atoms with Gasteiger partial charge in [0.1, 0.15) is 17.3 Å². The first kappa shape index (κ1) is 11.2. The summed E-state index contributed by atoms with van der Waals surface area (Å²) in [5.74, 6) is 2.51. The number of hydrogen-bond acceptors (Lipinski definition) is 2. The summed E-state index contributed by atoms with van der Waals surface area (Å²) in [5.41, 5.74) is 7.66. The van der Waals surface area contributed by atoms with Gasteiger partial charge in [0.15, 0.2) is 0 Å². The van der Waals surface area contributed by atoms with E-state index in [1.54, 1.807) is 16.7 Å². The minimum absolute atomic E-state index is 0.326. The van der Waals surface area contributed by atoms with Crippen molar-refractivity contribution in [3.8, 4) is 23.6 Å². The summed E-state index contributed by atoms with van der Waals surface area (Å²) in [6, 6.07) is 4.83. The van der Waals surface area contributed by atoms with Crippen molar-refractivity contribution in [1.82, 2.24) is 9.55 Å². The van der Waals surface area contributed by atoms with Gasteiger partial charge in [0.2, 0.25) is 0 Å². The van der Waals surface area contributed by atoms with Crippen molar-refractivity contribution in [3.63, 3.8) is 0 Å². The standard InChI is InChI=1S/C13H12FN3/c1-3-6-17-8-16-12(13(17)15)10-7-9(2)4-5-11(10)14/h1,4-5,7-8H,6,15H2,2H3. The molecule has 0 aliphatic carbocycles. The molecule has 2 rings (SSSR count).